The zero-order valence-corrected chi connectivity index (χ0v) is 67.2. The summed E-state index contributed by atoms with van der Waals surface area (Å²) in [5, 5.41) is 9.57. The summed E-state index contributed by atoms with van der Waals surface area (Å²) in [5.41, 5.74) is 27.4. The van der Waals surface area contributed by atoms with Gasteiger partial charge in [0.1, 0.15) is 0 Å². The molecule has 0 unspecified atom stereocenters. The van der Waals surface area contributed by atoms with Crippen molar-refractivity contribution >= 4 is 87.2 Å². The lowest BCUT2D eigenvalue weighted by molar-refractivity contribution is 1.06. The first-order chi connectivity index (χ1) is 61.6. The number of aromatic nitrogens is 10. The molecule has 0 radical (unpaired) electrons. The van der Waals surface area contributed by atoms with Crippen LogP contribution in [0.25, 0.3) is 223 Å². The topological polar surface area (TPSA) is 97.1 Å². The van der Waals surface area contributed by atoms with E-state index in [9.17, 15) is 0 Å². The third-order valence-corrected chi connectivity index (χ3v) is 24.0. The van der Waals surface area contributed by atoms with Crippen molar-refractivity contribution < 1.29 is 0 Å². The molecule has 0 amide bonds. The van der Waals surface area contributed by atoms with E-state index < -0.39 is 0 Å². The van der Waals surface area contributed by atoms with Crippen LogP contribution in [0.4, 0.5) is 0 Å². The van der Waals surface area contributed by atoms with Crippen LogP contribution in [0, 0.1) is 0 Å². The molecule has 24 aromatic rings. The Morgan fingerprint density at radius 1 is 0.137 bits per heavy atom. The van der Waals surface area contributed by atoms with E-state index in [2.05, 4.69) is 394 Å². The van der Waals surface area contributed by atoms with Crippen molar-refractivity contribution in [3.8, 4) is 136 Å². The van der Waals surface area contributed by atoms with Crippen LogP contribution in [0.5, 0.6) is 0 Å². The van der Waals surface area contributed by atoms with Crippen molar-refractivity contribution in [3.63, 3.8) is 0 Å². The molecule has 6 heterocycles. The maximum absolute atomic E-state index is 5.41. The highest BCUT2D eigenvalue weighted by Crippen LogP contribution is 2.49. The lowest BCUT2D eigenvalue weighted by Crippen LogP contribution is -2.06. The van der Waals surface area contributed by atoms with Gasteiger partial charge in [-0.15, -0.1) is 0 Å². The molecule has 0 saturated carbocycles. The van der Waals surface area contributed by atoms with Gasteiger partial charge in [-0.3, -0.25) is 0 Å². The minimum Gasteiger partial charge on any atom is -0.309 e. The van der Waals surface area contributed by atoms with Crippen molar-refractivity contribution in [1.82, 2.24) is 48.2 Å². The number of para-hydroxylation sites is 8. The molecule has 10 nitrogen and oxygen atoms in total. The molecular formula is C114H74N10. The molecule has 124 heavy (non-hydrogen) atoms. The molecule has 0 N–H and O–H groups in total. The van der Waals surface area contributed by atoms with Gasteiger partial charge in [-0.2, -0.15) is 0 Å². The highest BCUT2D eigenvalue weighted by molar-refractivity contribution is 6.17. The summed E-state index contributed by atoms with van der Waals surface area (Å²) in [5.74, 6) is 3.63. The Balaban J connectivity index is 0.000000143. The lowest BCUT2D eigenvalue weighted by Gasteiger charge is -2.20. The van der Waals surface area contributed by atoms with Crippen LogP contribution in [-0.4, -0.2) is 48.2 Å². The minimum atomic E-state index is 0.591. The monoisotopic (exact) mass is 1580 g/mol. The molecule has 0 bridgehead atoms. The van der Waals surface area contributed by atoms with Gasteiger partial charge < -0.3 is 18.3 Å². The Hall–Kier alpha value is -16.8. The molecule has 0 atom stereocenters. The van der Waals surface area contributed by atoms with Gasteiger partial charge in [0.15, 0.2) is 34.9 Å². The fourth-order valence-corrected chi connectivity index (χ4v) is 18.5. The average molecular weight is 1580 g/mol. The Morgan fingerprint density at radius 2 is 0.387 bits per heavy atom. The second kappa shape index (κ2) is 30.8. The number of hydrogen-bond acceptors (Lipinski definition) is 6. The quantitative estimate of drug-likeness (QED) is 0.108. The normalized spacial score (nSPS) is 11.5. The Labute approximate surface area is 715 Å². The summed E-state index contributed by atoms with van der Waals surface area (Å²) >= 11 is 0. The van der Waals surface area contributed by atoms with E-state index in [0.29, 0.717) is 34.9 Å². The van der Waals surface area contributed by atoms with Crippen molar-refractivity contribution in [2.45, 2.75) is 0 Å². The van der Waals surface area contributed by atoms with E-state index in [4.69, 9.17) is 29.9 Å². The van der Waals surface area contributed by atoms with Gasteiger partial charge >= 0.3 is 0 Å². The molecule has 6 aromatic heterocycles. The summed E-state index contributed by atoms with van der Waals surface area (Å²) in [4.78, 5) is 31.9. The summed E-state index contributed by atoms with van der Waals surface area (Å²) < 4.78 is 9.63. The van der Waals surface area contributed by atoms with E-state index in [0.717, 1.165) is 123 Å². The predicted octanol–water partition coefficient (Wildman–Crippen LogP) is 28.8. The highest BCUT2D eigenvalue weighted by Gasteiger charge is 2.29. The average Bonchev–Trinajstić information content (AvgIpc) is 1.55. The van der Waals surface area contributed by atoms with Crippen LogP contribution in [0.15, 0.2) is 449 Å². The van der Waals surface area contributed by atoms with Gasteiger partial charge in [-0.05, 0) is 106 Å². The molecule has 0 fully saturated rings. The van der Waals surface area contributed by atoms with Gasteiger partial charge in [0.2, 0.25) is 0 Å². The second-order valence-corrected chi connectivity index (χ2v) is 31.1. The van der Waals surface area contributed by atoms with Crippen molar-refractivity contribution in [2.24, 2.45) is 0 Å². The predicted molar refractivity (Wildman–Crippen MR) is 511 cm³/mol. The van der Waals surface area contributed by atoms with E-state index >= 15 is 0 Å². The maximum atomic E-state index is 5.41. The first-order valence-electron chi connectivity index (χ1n) is 41.9. The summed E-state index contributed by atoms with van der Waals surface area (Å²) in [6.45, 7) is 0. The number of benzene rings is 18. The Bertz CT molecular complexity index is 7660. The molecule has 0 spiro atoms. The molecular weight excluding hydrogens is 1510 g/mol. The molecule has 0 saturated heterocycles. The van der Waals surface area contributed by atoms with Crippen molar-refractivity contribution in [1.29, 1.82) is 0 Å². The fourth-order valence-electron chi connectivity index (χ4n) is 18.5. The van der Waals surface area contributed by atoms with Crippen LogP contribution in [0.2, 0.25) is 0 Å². The third-order valence-electron chi connectivity index (χ3n) is 24.0. The first kappa shape index (κ1) is 72.4. The van der Waals surface area contributed by atoms with Gasteiger partial charge in [0, 0.05) is 76.5 Å². The standard InChI is InChI=1S/2C57H37N5/c1-4-20-38(21-5-1)41-30-18-36-51-53(41)46-29-13-17-35-50(46)62(51)49-34-16-12-28-44(49)45-31-19-37-52(61-47-32-14-10-26-42(47)43-27-11-15-33-48(43)61)54(45)57-59-55(39-22-6-2-7-23-39)58-56(60-57)40-24-8-3-9-25-40;1-4-19-38(20-5-1)41-35-36-46-44-27-12-16-32-50(44)62(53(46)37-41)51-33-17-13-28-45(51)47-29-18-34-52(61-48-30-14-10-25-42(48)43-26-11-15-31-49(43)61)54(47)57-59-55(39-21-6-2-7-22-39)58-56(60-57)40-23-8-3-9-24-40/h2*1-37H. The van der Waals surface area contributed by atoms with Gasteiger partial charge in [0.05, 0.1) is 78.0 Å². The lowest BCUT2D eigenvalue weighted by atomic mass is 9.95. The maximum Gasteiger partial charge on any atom is 0.166 e. The van der Waals surface area contributed by atoms with Crippen LogP contribution in [0.1, 0.15) is 0 Å². The van der Waals surface area contributed by atoms with E-state index in [1.165, 1.54) is 65.3 Å². The van der Waals surface area contributed by atoms with Crippen LogP contribution < -0.4 is 0 Å². The zero-order chi connectivity index (χ0) is 82.0. The number of fused-ring (bicyclic) bond motifs is 12. The minimum absolute atomic E-state index is 0.591. The number of hydrogen-bond donors (Lipinski definition) is 0. The van der Waals surface area contributed by atoms with Gasteiger partial charge in [-0.25, -0.2) is 29.9 Å². The first-order valence-corrected chi connectivity index (χ1v) is 41.9. The van der Waals surface area contributed by atoms with Gasteiger partial charge in [-0.1, -0.05) is 376 Å². The zero-order valence-electron chi connectivity index (χ0n) is 67.2. The summed E-state index contributed by atoms with van der Waals surface area (Å²) in [6.07, 6.45) is 0. The van der Waals surface area contributed by atoms with E-state index in [1.54, 1.807) is 0 Å². The number of nitrogens with zero attached hydrogens (tertiary/aromatic N) is 10. The number of rotatable bonds is 14. The fraction of sp³-hybridized carbons (Fsp3) is 0. The van der Waals surface area contributed by atoms with Crippen LogP contribution >= 0.6 is 0 Å². The molecule has 0 aliphatic rings. The highest BCUT2D eigenvalue weighted by atomic mass is 15.1. The Kier molecular flexibility index (Phi) is 18.0. The van der Waals surface area contributed by atoms with Crippen molar-refractivity contribution in [2.75, 3.05) is 0 Å². The molecule has 0 aliphatic carbocycles. The molecule has 18 aromatic carbocycles. The smallest absolute Gasteiger partial charge is 0.166 e. The van der Waals surface area contributed by atoms with Gasteiger partial charge in [0.25, 0.3) is 0 Å². The molecule has 10 heteroatoms. The second-order valence-electron chi connectivity index (χ2n) is 31.1. The third kappa shape index (κ3) is 12.5. The van der Waals surface area contributed by atoms with E-state index in [-0.39, 0.29) is 0 Å². The van der Waals surface area contributed by atoms with Crippen LogP contribution in [-0.2, 0) is 0 Å². The van der Waals surface area contributed by atoms with E-state index in [1.807, 2.05) is 72.8 Å². The SMILES string of the molecule is c1ccc(-c2ccc3c4ccccc4n(-c4ccccc4-c4cccc(-n5c6ccccc6c6ccccc65)c4-c4nc(-c5ccccc5)nc(-c5ccccc5)n4)c3c2)cc1.c1ccc(-c2nc(-c3ccccc3)nc(-c3c(-c4ccccc4-n4c5ccccc5c5c(-c6ccccc6)cccc54)cccc3-n3c4ccccc4c4ccccc43)n2)cc1. The Morgan fingerprint density at radius 3 is 0.774 bits per heavy atom. The molecule has 0 aliphatic heterocycles. The van der Waals surface area contributed by atoms with Crippen molar-refractivity contribution in [3.05, 3.63) is 449 Å². The van der Waals surface area contributed by atoms with Crippen LogP contribution in [0.3, 0.4) is 0 Å². The molecule has 580 valence electrons. The summed E-state index contributed by atoms with van der Waals surface area (Å²) in [7, 11) is 0. The largest absolute Gasteiger partial charge is 0.309 e. The molecule has 24 rings (SSSR count). The summed E-state index contributed by atoms with van der Waals surface area (Å²) in [6, 6.07) is 159.